The third kappa shape index (κ3) is 6.45. The van der Waals surface area contributed by atoms with E-state index in [1.807, 2.05) is 67.6 Å². The maximum absolute atomic E-state index is 13.3. The molecule has 0 N–H and O–H groups in total. The molecule has 2 heterocycles. The van der Waals surface area contributed by atoms with Crippen molar-refractivity contribution in [3.05, 3.63) is 92.3 Å². The van der Waals surface area contributed by atoms with Gasteiger partial charge in [-0.25, -0.2) is 4.99 Å². The van der Waals surface area contributed by atoms with Crippen LogP contribution >= 0.6 is 39.3 Å². The minimum atomic E-state index is -0.0511. The molecule has 38 heavy (non-hydrogen) atoms. The molecule has 3 aromatic rings. The van der Waals surface area contributed by atoms with Crippen molar-refractivity contribution in [2.24, 2.45) is 4.99 Å². The number of rotatable bonds is 7. The average molecular weight is 611 g/mol. The van der Waals surface area contributed by atoms with Gasteiger partial charge in [-0.1, -0.05) is 39.7 Å². The molecule has 196 valence electrons. The molecule has 2 saturated heterocycles. The Kier molecular flexibility index (Phi) is 8.77. The Balaban J connectivity index is 1.36. The van der Waals surface area contributed by atoms with E-state index in [0.717, 1.165) is 34.4 Å². The Morgan fingerprint density at radius 1 is 1.03 bits per heavy atom. The molecule has 0 aromatic heterocycles. The third-order valence-corrected chi connectivity index (χ3v) is 8.32. The number of amidine groups is 1. The molecule has 0 unspecified atom stereocenters. The number of hydrogen-bond donors (Lipinski definition) is 0. The number of nitrogens with zero attached hydrogens (tertiary/aromatic N) is 3. The van der Waals surface area contributed by atoms with Gasteiger partial charge in [-0.2, -0.15) is 0 Å². The number of hydrogen-bond acceptors (Lipinski definition) is 5. The van der Waals surface area contributed by atoms with Gasteiger partial charge in [0.1, 0.15) is 12.4 Å². The lowest BCUT2D eigenvalue weighted by molar-refractivity contribution is -0.122. The first-order valence-electron chi connectivity index (χ1n) is 12.8. The van der Waals surface area contributed by atoms with Gasteiger partial charge in [0, 0.05) is 40.4 Å². The lowest BCUT2D eigenvalue weighted by atomic mass is 10.1. The fourth-order valence-electron chi connectivity index (χ4n) is 4.52. The Labute approximate surface area is 241 Å². The van der Waals surface area contributed by atoms with Crippen molar-refractivity contribution in [3.8, 4) is 5.75 Å². The monoisotopic (exact) mass is 609 g/mol. The Bertz CT molecular complexity index is 1350. The molecule has 0 radical (unpaired) electrons. The molecule has 1 amide bonds. The fourth-order valence-corrected chi connectivity index (χ4v) is 6.08. The number of halogens is 2. The second-order valence-corrected chi connectivity index (χ2v) is 11.6. The number of aliphatic imine (C=N–C) groups is 1. The minimum absolute atomic E-state index is 0.0511. The summed E-state index contributed by atoms with van der Waals surface area (Å²) >= 11 is 11.0. The van der Waals surface area contributed by atoms with Gasteiger partial charge < -0.3 is 9.64 Å². The quantitative estimate of drug-likeness (QED) is 0.253. The van der Waals surface area contributed by atoms with Crippen LogP contribution in [0.5, 0.6) is 5.75 Å². The minimum Gasteiger partial charge on any atom is -0.488 e. The zero-order valence-corrected chi connectivity index (χ0v) is 24.4. The van der Waals surface area contributed by atoms with E-state index in [0.29, 0.717) is 34.0 Å². The van der Waals surface area contributed by atoms with E-state index in [2.05, 4.69) is 33.0 Å². The summed E-state index contributed by atoms with van der Waals surface area (Å²) in [4.78, 5) is 22.9. The summed E-state index contributed by atoms with van der Waals surface area (Å²) < 4.78 is 7.03. The van der Waals surface area contributed by atoms with Crippen molar-refractivity contribution >= 4 is 67.8 Å². The number of anilines is 1. The van der Waals surface area contributed by atoms with E-state index in [1.54, 1.807) is 4.90 Å². The van der Waals surface area contributed by atoms with Crippen molar-refractivity contribution in [1.29, 1.82) is 0 Å². The molecule has 0 saturated carbocycles. The highest BCUT2D eigenvalue weighted by atomic mass is 79.9. The molecule has 0 aliphatic carbocycles. The summed E-state index contributed by atoms with van der Waals surface area (Å²) in [6.07, 6.45) is 5.69. The predicted molar refractivity (Wildman–Crippen MR) is 162 cm³/mol. The number of likely N-dealkylation sites (N-methyl/N-ethyl adjacent to an activating group) is 1. The van der Waals surface area contributed by atoms with E-state index < -0.39 is 0 Å². The van der Waals surface area contributed by atoms with Crippen LogP contribution in [-0.4, -0.2) is 35.6 Å². The Morgan fingerprint density at radius 3 is 2.47 bits per heavy atom. The number of amides is 1. The number of piperidine rings is 1. The Morgan fingerprint density at radius 2 is 1.76 bits per heavy atom. The van der Waals surface area contributed by atoms with Gasteiger partial charge in [0.2, 0.25) is 0 Å². The summed E-state index contributed by atoms with van der Waals surface area (Å²) in [6, 6.07) is 21.7. The summed E-state index contributed by atoms with van der Waals surface area (Å²) in [5.41, 5.74) is 3.92. The van der Waals surface area contributed by atoms with Gasteiger partial charge in [-0.05, 0) is 104 Å². The van der Waals surface area contributed by atoms with Crippen molar-refractivity contribution in [2.45, 2.75) is 32.8 Å². The standard InChI is InChI=1S/C30H29BrClN3O2S/c1-2-35-29(36)28(38-30(35)33-25-11-13-26(14-12-25)34-16-4-3-5-17-34)19-22-18-23(31)8-15-27(22)37-20-21-6-9-24(32)10-7-21/h6-15,18-19H,2-5,16-17,20H2,1H3/b28-19-,33-30?. The predicted octanol–water partition coefficient (Wildman–Crippen LogP) is 8.30. The van der Waals surface area contributed by atoms with Crippen molar-refractivity contribution in [1.82, 2.24) is 4.90 Å². The molecule has 5 nitrogen and oxygen atoms in total. The van der Waals surface area contributed by atoms with Crippen LogP contribution < -0.4 is 9.64 Å². The number of benzene rings is 3. The number of carbonyl (C=O) groups excluding carboxylic acids is 1. The second-order valence-electron chi connectivity index (χ2n) is 9.22. The molecule has 0 bridgehead atoms. The highest BCUT2D eigenvalue weighted by Gasteiger charge is 2.32. The van der Waals surface area contributed by atoms with Crippen LogP contribution in [0.25, 0.3) is 6.08 Å². The van der Waals surface area contributed by atoms with Crippen LogP contribution in [0.1, 0.15) is 37.3 Å². The third-order valence-electron chi connectivity index (χ3n) is 6.57. The lowest BCUT2D eigenvalue weighted by Crippen LogP contribution is -2.29. The van der Waals surface area contributed by atoms with Gasteiger partial charge in [-0.3, -0.25) is 9.69 Å². The Hall–Kier alpha value is -2.74. The smallest absolute Gasteiger partial charge is 0.266 e. The summed E-state index contributed by atoms with van der Waals surface area (Å²) in [7, 11) is 0. The summed E-state index contributed by atoms with van der Waals surface area (Å²) in [5, 5.41) is 1.38. The van der Waals surface area contributed by atoms with Gasteiger partial charge in [0.25, 0.3) is 5.91 Å². The lowest BCUT2D eigenvalue weighted by Gasteiger charge is -2.28. The van der Waals surface area contributed by atoms with Crippen LogP contribution in [0, 0.1) is 0 Å². The van der Waals surface area contributed by atoms with Crippen LogP contribution in [0.4, 0.5) is 11.4 Å². The zero-order valence-electron chi connectivity index (χ0n) is 21.2. The number of thioether (sulfide) groups is 1. The van der Waals surface area contributed by atoms with Gasteiger partial charge in [0.05, 0.1) is 10.6 Å². The first kappa shape index (κ1) is 26.9. The van der Waals surface area contributed by atoms with Crippen molar-refractivity contribution in [3.63, 3.8) is 0 Å². The maximum Gasteiger partial charge on any atom is 0.266 e. The van der Waals surface area contributed by atoms with Gasteiger partial charge in [0.15, 0.2) is 5.17 Å². The molecule has 8 heteroatoms. The molecule has 0 atom stereocenters. The topological polar surface area (TPSA) is 45.1 Å². The average Bonchev–Trinajstić information content (AvgIpc) is 3.23. The maximum atomic E-state index is 13.3. The first-order valence-corrected chi connectivity index (χ1v) is 14.8. The number of carbonyl (C=O) groups is 1. The first-order chi connectivity index (χ1) is 18.5. The molecule has 0 spiro atoms. The largest absolute Gasteiger partial charge is 0.488 e. The molecular weight excluding hydrogens is 582 g/mol. The second kappa shape index (κ2) is 12.4. The van der Waals surface area contributed by atoms with Crippen LogP contribution in [0.2, 0.25) is 5.02 Å². The van der Waals surface area contributed by atoms with Crippen LogP contribution in [0.15, 0.2) is 81.1 Å². The summed E-state index contributed by atoms with van der Waals surface area (Å²) in [6.45, 7) is 5.13. The zero-order chi connectivity index (χ0) is 26.5. The van der Waals surface area contributed by atoms with E-state index in [-0.39, 0.29) is 5.91 Å². The molecule has 3 aromatic carbocycles. The van der Waals surface area contributed by atoms with E-state index >= 15 is 0 Å². The SMILES string of the molecule is CCN1C(=O)/C(=C/c2cc(Br)ccc2OCc2ccc(Cl)cc2)SC1=Nc1ccc(N2CCCCC2)cc1. The fraction of sp³-hybridized carbons (Fsp3) is 0.267. The molecule has 2 aliphatic rings. The van der Waals surface area contributed by atoms with E-state index in [4.69, 9.17) is 21.3 Å². The van der Waals surface area contributed by atoms with Crippen LogP contribution in [-0.2, 0) is 11.4 Å². The van der Waals surface area contributed by atoms with Crippen molar-refractivity contribution < 1.29 is 9.53 Å². The highest BCUT2D eigenvalue weighted by molar-refractivity contribution is 9.10. The summed E-state index contributed by atoms with van der Waals surface area (Å²) in [5.74, 6) is 0.649. The molecule has 2 fully saturated rings. The molecular formula is C30H29BrClN3O2S. The number of ether oxygens (including phenoxy) is 1. The van der Waals surface area contributed by atoms with E-state index in [9.17, 15) is 4.79 Å². The van der Waals surface area contributed by atoms with E-state index in [1.165, 1.54) is 36.7 Å². The normalized spacial score (nSPS) is 18.0. The van der Waals surface area contributed by atoms with Crippen LogP contribution in [0.3, 0.4) is 0 Å². The molecule has 5 rings (SSSR count). The molecule has 2 aliphatic heterocycles. The van der Waals surface area contributed by atoms with Crippen molar-refractivity contribution in [2.75, 3.05) is 24.5 Å². The van der Waals surface area contributed by atoms with Gasteiger partial charge >= 0.3 is 0 Å². The highest BCUT2D eigenvalue weighted by Crippen LogP contribution is 2.36. The van der Waals surface area contributed by atoms with Gasteiger partial charge in [-0.15, -0.1) is 0 Å².